The summed E-state index contributed by atoms with van der Waals surface area (Å²) in [5, 5.41) is 0. The summed E-state index contributed by atoms with van der Waals surface area (Å²) in [6.07, 6.45) is 3.23. The molecule has 0 aliphatic rings. The van der Waals surface area contributed by atoms with Crippen LogP contribution < -0.4 is 15.4 Å². The van der Waals surface area contributed by atoms with Gasteiger partial charge >= 0.3 is 0 Å². The zero-order valence-electron chi connectivity index (χ0n) is 11.5. The largest absolute Gasteiger partial charge is 0.437 e. The Kier molecular flexibility index (Phi) is 4.65. The van der Waals surface area contributed by atoms with Crippen LogP contribution >= 0.6 is 0 Å². The van der Waals surface area contributed by atoms with Crippen molar-refractivity contribution in [3.05, 3.63) is 42.5 Å². The summed E-state index contributed by atoms with van der Waals surface area (Å²) in [5.41, 5.74) is 5.11. The number of rotatable bonds is 6. The summed E-state index contributed by atoms with van der Waals surface area (Å²) in [6, 6.07) is 5.60. The molecule has 2 N–H and O–H groups in total. The maximum Gasteiger partial charge on any atom is 0.239 e. The predicted octanol–water partition coefficient (Wildman–Crippen LogP) is 1.72. The van der Waals surface area contributed by atoms with Gasteiger partial charge in [0, 0.05) is 20.0 Å². The van der Waals surface area contributed by atoms with Crippen LogP contribution in [0, 0.1) is 5.82 Å². The first kappa shape index (κ1) is 14.7. The third-order valence-electron chi connectivity index (χ3n) is 2.72. The maximum absolute atomic E-state index is 12.8. The molecule has 2 aromatic rings. The molecule has 0 saturated heterocycles. The van der Waals surface area contributed by atoms with Gasteiger partial charge in [-0.05, 0) is 24.3 Å². The number of aromatic nitrogens is 2. The summed E-state index contributed by atoms with van der Waals surface area (Å²) in [7, 11) is 1.77. The molecule has 0 bridgehead atoms. The van der Waals surface area contributed by atoms with E-state index in [2.05, 4.69) is 9.97 Å². The minimum absolute atomic E-state index is 0.223. The number of benzene rings is 1. The standard InChI is InChI=1S/C14H15FN4O2/c1-19(7-6-12(16)20)13-8-17-9-14(18-13)21-11-4-2-10(15)3-5-11/h2-5,8-9H,6-7H2,1H3,(H2,16,20). The number of carbonyl (C=O) groups is 1. The molecule has 6 nitrogen and oxygen atoms in total. The quantitative estimate of drug-likeness (QED) is 0.876. The van der Waals surface area contributed by atoms with Crippen LogP contribution in [-0.2, 0) is 4.79 Å². The van der Waals surface area contributed by atoms with Crippen LogP contribution in [0.5, 0.6) is 11.6 Å². The zero-order chi connectivity index (χ0) is 15.2. The highest BCUT2D eigenvalue weighted by Gasteiger charge is 2.07. The number of amides is 1. The third-order valence-corrected chi connectivity index (χ3v) is 2.72. The molecule has 110 valence electrons. The SMILES string of the molecule is CN(CCC(N)=O)c1cncc(Oc2ccc(F)cc2)n1. The second-order valence-electron chi connectivity index (χ2n) is 4.41. The molecule has 1 aromatic heterocycles. The zero-order valence-corrected chi connectivity index (χ0v) is 11.5. The minimum Gasteiger partial charge on any atom is -0.437 e. The summed E-state index contributed by atoms with van der Waals surface area (Å²) in [5.74, 6) is 0.574. The van der Waals surface area contributed by atoms with Crippen LogP contribution in [0.4, 0.5) is 10.2 Å². The summed E-state index contributed by atoms with van der Waals surface area (Å²) >= 11 is 0. The van der Waals surface area contributed by atoms with E-state index in [1.807, 2.05) is 0 Å². The second kappa shape index (κ2) is 6.65. The molecule has 1 heterocycles. The van der Waals surface area contributed by atoms with Gasteiger partial charge in [-0.3, -0.25) is 9.78 Å². The molecule has 0 saturated carbocycles. The van der Waals surface area contributed by atoms with E-state index in [0.717, 1.165) is 0 Å². The Morgan fingerprint density at radius 1 is 1.33 bits per heavy atom. The van der Waals surface area contributed by atoms with Crippen LogP contribution in [0.2, 0.25) is 0 Å². The average molecular weight is 290 g/mol. The predicted molar refractivity (Wildman–Crippen MR) is 75.6 cm³/mol. The van der Waals surface area contributed by atoms with E-state index in [4.69, 9.17) is 10.5 Å². The van der Waals surface area contributed by atoms with E-state index < -0.39 is 0 Å². The number of primary amides is 1. The lowest BCUT2D eigenvalue weighted by Gasteiger charge is -2.17. The van der Waals surface area contributed by atoms with Gasteiger partial charge in [0.1, 0.15) is 11.6 Å². The molecule has 0 radical (unpaired) electrons. The highest BCUT2D eigenvalue weighted by molar-refractivity contribution is 5.74. The molecule has 2 rings (SSSR count). The Balaban J connectivity index is 2.06. The van der Waals surface area contributed by atoms with Crippen molar-refractivity contribution in [2.75, 3.05) is 18.5 Å². The van der Waals surface area contributed by atoms with E-state index in [9.17, 15) is 9.18 Å². The molecule has 7 heteroatoms. The van der Waals surface area contributed by atoms with Gasteiger partial charge in [-0.2, -0.15) is 4.98 Å². The number of hydrogen-bond acceptors (Lipinski definition) is 5. The lowest BCUT2D eigenvalue weighted by Crippen LogP contribution is -2.24. The van der Waals surface area contributed by atoms with Crippen molar-refractivity contribution in [3.63, 3.8) is 0 Å². The molecule has 0 aliphatic heterocycles. The number of carbonyl (C=O) groups excluding carboxylic acids is 1. The van der Waals surface area contributed by atoms with Gasteiger partial charge in [-0.25, -0.2) is 4.39 Å². The van der Waals surface area contributed by atoms with E-state index in [0.29, 0.717) is 18.1 Å². The van der Waals surface area contributed by atoms with Gasteiger partial charge in [0.25, 0.3) is 0 Å². The molecule has 0 spiro atoms. The fourth-order valence-corrected chi connectivity index (χ4v) is 1.59. The Labute approximate surface area is 121 Å². The van der Waals surface area contributed by atoms with Crippen molar-refractivity contribution >= 4 is 11.7 Å². The average Bonchev–Trinajstić information content (AvgIpc) is 2.47. The topological polar surface area (TPSA) is 81.3 Å². The van der Waals surface area contributed by atoms with Crippen LogP contribution in [0.25, 0.3) is 0 Å². The van der Waals surface area contributed by atoms with E-state index in [-0.39, 0.29) is 24.0 Å². The Bertz CT molecular complexity index is 619. The van der Waals surface area contributed by atoms with Crippen molar-refractivity contribution in [2.24, 2.45) is 5.73 Å². The lowest BCUT2D eigenvalue weighted by molar-refractivity contribution is -0.117. The van der Waals surface area contributed by atoms with Crippen LogP contribution in [0.3, 0.4) is 0 Å². The molecule has 0 fully saturated rings. The molecule has 0 unspecified atom stereocenters. The number of nitrogens with two attached hydrogens (primary N) is 1. The summed E-state index contributed by atoms with van der Waals surface area (Å²) < 4.78 is 18.3. The Hall–Kier alpha value is -2.70. The van der Waals surface area contributed by atoms with E-state index in [1.54, 1.807) is 18.1 Å². The van der Waals surface area contributed by atoms with Gasteiger partial charge in [0.05, 0.1) is 12.4 Å². The van der Waals surface area contributed by atoms with Crippen molar-refractivity contribution in [3.8, 4) is 11.6 Å². The fraction of sp³-hybridized carbons (Fsp3) is 0.214. The van der Waals surface area contributed by atoms with Crippen molar-refractivity contribution in [1.82, 2.24) is 9.97 Å². The van der Waals surface area contributed by atoms with E-state index in [1.165, 1.54) is 30.5 Å². The first-order chi connectivity index (χ1) is 10.0. The van der Waals surface area contributed by atoms with Gasteiger partial charge in [-0.15, -0.1) is 0 Å². The van der Waals surface area contributed by atoms with Gasteiger partial charge in [0.2, 0.25) is 11.8 Å². The molecule has 0 atom stereocenters. The van der Waals surface area contributed by atoms with Crippen molar-refractivity contribution < 1.29 is 13.9 Å². The molecule has 21 heavy (non-hydrogen) atoms. The maximum atomic E-state index is 12.8. The highest BCUT2D eigenvalue weighted by Crippen LogP contribution is 2.20. The Morgan fingerprint density at radius 3 is 2.71 bits per heavy atom. The van der Waals surface area contributed by atoms with Gasteiger partial charge < -0.3 is 15.4 Å². The Morgan fingerprint density at radius 2 is 2.05 bits per heavy atom. The monoisotopic (exact) mass is 290 g/mol. The lowest BCUT2D eigenvalue weighted by atomic mass is 10.3. The number of halogens is 1. The fourth-order valence-electron chi connectivity index (χ4n) is 1.59. The molecule has 1 aromatic carbocycles. The number of nitrogens with zero attached hydrogens (tertiary/aromatic N) is 3. The summed E-state index contributed by atoms with van der Waals surface area (Å²) in [6.45, 7) is 0.435. The highest BCUT2D eigenvalue weighted by atomic mass is 19.1. The second-order valence-corrected chi connectivity index (χ2v) is 4.41. The minimum atomic E-state index is -0.381. The molecule has 0 aliphatic carbocycles. The first-order valence-electron chi connectivity index (χ1n) is 6.29. The number of hydrogen-bond donors (Lipinski definition) is 1. The van der Waals surface area contributed by atoms with Crippen LogP contribution in [0.15, 0.2) is 36.7 Å². The van der Waals surface area contributed by atoms with Crippen molar-refractivity contribution in [1.29, 1.82) is 0 Å². The van der Waals surface area contributed by atoms with Crippen LogP contribution in [-0.4, -0.2) is 29.5 Å². The van der Waals surface area contributed by atoms with Gasteiger partial charge in [-0.1, -0.05) is 0 Å². The smallest absolute Gasteiger partial charge is 0.239 e. The third kappa shape index (κ3) is 4.41. The van der Waals surface area contributed by atoms with E-state index >= 15 is 0 Å². The number of ether oxygens (including phenoxy) is 1. The first-order valence-corrected chi connectivity index (χ1v) is 6.29. The van der Waals surface area contributed by atoms with Gasteiger partial charge in [0.15, 0.2) is 5.82 Å². The number of anilines is 1. The van der Waals surface area contributed by atoms with Crippen LogP contribution in [0.1, 0.15) is 6.42 Å². The van der Waals surface area contributed by atoms with Crippen molar-refractivity contribution in [2.45, 2.75) is 6.42 Å². The normalized spacial score (nSPS) is 10.2. The molecule has 1 amide bonds. The molecular formula is C14H15FN4O2. The summed E-state index contributed by atoms with van der Waals surface area (Å²) in [4.78, 5) is 20.8. The molecular weight excluding hydrogens is 275 g/mol.